The number of nitrogens with one attached hydrogen (secondary N) is 1. The molecule has 0 aliphatic rings. The fourth-order valence-corrected chi connectivity index (χ4v) is 4.17. The van der Waals surface area contributed by atoms with Crippen molar-refractivity contribution in [2.45, 2.75) is 16.5 Å². The van der Waals surface area contributed by atoms with Crippen molar-refractivity contribution < 1.29 is 27.2 Å². The SMILES string of the molecule is COc1ccccc1-c1noc(CSc2nnc(Nc3ccc(OC(F)(F)F)cc3)s2)n1. The topological polar surface area (TPSA) is 95.2 Å². The van der Waals surface area contributed by atoms with Crippen LogP contribution in [0, 0.1) is 0 Å². The number of rotatable bonds is 8. The molecule has 0 atom stereocenters. The maximum absolute atomic E-state index is 12.2. The van der Waals surface area contributed by atoms with Gasteiger partial charge < -0.3 is 19.3 Å². The molecule has 32 heavy (non-hydrogen) atoms. The maximum atomic E-state index is 12.2. The summed E-state index contributed by atoms with van der Waals surface area (Å²) in [6.07, 6.45) is -4.73. The minimum atomic E-state index is -4.73. The van der Waals surface area contributed by atoms with Crippen LogP contribution in [-0.2, 0) is 5.75 Å². The number of hydrogen-bond donors (Lipinski definition) is 1. The number of anilines is 2. The number of ether oxygens (including phenoxy) is 2. The molecule has 1 N–H and O–H groups in total. The van der Waals surface area contributed by atoms with Crippen LogP contribution in [0.25, 0.3) is 11.4 Å². The monoisotopic (exact) mass is 481 g/mol. The molecule has 0 aliphatic heterocycles. The van der Waals surface area contributed by atoms with E-state index < -0.39 is 6.36 Å². The third-order valence-electron chi connectivity index (χ3n) is 3.88. The van der Waals surface area contributed by atoms with Crippen LogP contribution >= 0.6 is 23.1 Å². The van der Waals surface area contributed by atoms with Gasteiger partial charge >= 0.3 is 6.36 Å². The van der Waals surface area contributed by atoms with Gasteiger partial charge in [-0.05, 0) is 36.4 Å². The van der Waals surface area contributed by atoms with Gasteiger partial charge in [-0.2, -0.15) is 4.98 Å². The fourth-order valence-electron chi connectivity index (χ4n) is 2.56. The Labute approximate surface area is 187 Å². The Hall–Kier alpha value is -3.32. The van der Waals surface area contributed by atoms with Crippen molar-refractivity contribution in [2.24, 2.45) is 0 Å². The number of para-hydroxylation sites is 1. The third-order valence-corrected chi connectivity index (χ3v) is 5.84. The molecule has 13 heteroatoms. The summed E-state index contributed by atoms with van der Waals surface area (Å²) in [7, 11) is 1.57. The quantitative estimate of drug-likeness (QED) is 0.326. The molecule has 0 fully saturated rings. The second kappa shape index (κ2) is 9.44. The molecule has 166 valence electrons. The van der Waals surface area contributed by atoms with Crippen molar-refractivity contribution in [3.63, 3.8) is 0 Å². The number of aromatic nitrogens is 4. The van der Waals surface area contributed by atoms with Crippen LogP contribution in [0.3, 0.4) is 0 Å². The summed E-state index contributed by atoms with van der Waals surface area (Å²) in [5.41, 5.74) is 1.27. The highest BCUT2D eigenvalue weighted by Crippen LogP contribution is 2.32. The molecule has 4 aromatic rings. The first-order valence-corrected chi connectivity index (χ1v) is 10.7. The lowest BCUT2D eigenvalue weighted by molar-refractivity contribution is -0.274. The van der Waals surface area contributed by atoms with Crippen LogP contribution in [-0.4, -0.2) is 33.8 Å². The molecular weight excluding hydrogens is 467 g/mol. The summed E-state index contributed by atoms with van der Waals surface area (Å²) in [6, 6.07) is 12.7. The zero-order chi connectivity index (χ0) is 22.6. The van der Waals surface area contributed by atoms with Crippen molar-refractivity contribution in [1.82, 2.24) is 20.3 Å². The predicted octanol–water partition coefficient (Wildman–Crippen LogP) is 5.53. The molecule has 0 aliphatic carbocycles. The first-order valence-electron chi connectivity index (χ1n) is 8.95. The fraction of sp³-hybridized carbons (Fsp3) is 0.158. The number of benzene rings is 2. The van der Waals surface area contributed by atoms with Crippen LogP contribution in [0.5, 0.6) is 11.5 Å². The van der Waals surface area contributed by atoms with Gasteiger partial charge in [0.2, 0.25) is 16.8 Å². The Morgan fingerprint density at radius 3 is 2.62 bits per heavy atom. The molecule has 0 saturated carbocycles. The molecule has 0 bridgehead atoms. The highest BCUT2D eigenvalue weighted by Gasteiger charge is 2.30. The Morgan fingerprint density at radius 2 is 1.88 bits per heavy atom. The summed E-state index contributed by atoms with van der Waals surface area (Å²) < 4.78 is 51.8. The predicted molar refractivity (Wildman–Crippen MR) is 112 cm³/mol. The number of thioether (sulfide) groups is 1. The van der Waals surface area contributed by atoms with E-state index in [9.17, 15) is 13.2 Å². The molecule has 8 nitrogen and oxygen atoms in total. The Morgan fingerprint density at radius 1 is 1.09 bits per heavy atom. The summed E-state index contributed by atoms with van der Waals surface area (Å²) in [5.74, 6) is 1.57. The van der Waals surface area contributed by atoms with Crippen LogP contribution in [0.1, 0.15) is 5.89 Å². The van der Waals surface area contributed by atoms with Gasteiger partial charge in [-0.1, -0.05) is 40.4 Å². The van der Waals surface area contributed by atoms with Crippen LogP contribution in [0.4, 0.5) is 24.0 Å². The van der Waals surface area contributed by atoms with Gasteiger partial charge in [0.15, 0.2) is 4.34 Å². The molecule has 0 saturated heterocycles. The van der Waals surface area contributed by atoms with Gasteiger partial charge in [-0.3, -0.25) is 0 Å². The minimum Gasteiger partial charge on any atom is -0.496 e. The van der Waals surface area contributed by atoms with Crippen molar-refractivity contribution >= 4 is 33.9 Å². The zero-order valence-corrected chi connectivity index (χ0v) is 17.9. The number of methoxy groups -OCH3 is 1. The normalized spacial score (nSPS) is 11.4. The molecule has 2 aromatic carbocycles. The van der Waals surface area contributed by atoms with Crippen molar-refractivity contribution in [3.05, 3.63) is 54.4 Å². The van der Waals surface area contributed by atoms with Crippen molar-refractivity contribution in [2.75, 3.05) is 12.4 Å². The van der Waals surface area contributed by atoms with E-state index in [2.05, 4.69) is 30.4 Å². The van der Waals surface area contributed by atoms with Crippen LogP contribution in [0.2, 0.25) is 0 Å². The molecule has 4 rings (SSSR count). The first-order chi connectivity index (χ1) is 15.4. The Kier molecular flexibility index (Phi) is 6.46. The van der Waals surface area contributed by atoms with Crippen LogP contribution < -0.4 is 14.8 Å². The Balaban J connectivity index is 1.34. The smallest absolute Gasteiger partial charge is 0.496 e. The number of halogens is 3. The first kappa shape index (κ1) is 21.9. The van der Waals surface area contributed by atoms with E-state index in [-0.39, 0.29) is 5.75 Å². The van der Waals surface area contributed by atoms with Crippen molar-refractivity contribution in [1.29, 1.82) is 0 Å². The van der Waals surface area contributed by atoms with Gasteiger partial charge in [0, 0.05) is 5.69 Å². The standard InChI is InChI=1S/C19H14F3N5O3S2/c1-28-14-5-3-2-4-13(14)16-24-15(30-27-16)10-31-18-26-25-17(32-18)23-11-6-8-12(9-7-11)29-19(20,21)22/h2-9H,10H2,1H3,(H,23,25). The number of alkyl halides is 3. The van der Waals surface area contributed by atoms with E-state index in [1.165, 1.54) is 47.4 Å². The molecule has 0 spiro atoms. The summed E-state index contributed by atoms with van der Waals surface area (Å²) in [6.45, 7) is 0. The van der Waals surface area contributed by atoms with E-state index in [0.29, 0.717) is 38.4 Å². The maximum Gasteiger partial charge on any atom is 0.573 e. The zero-order valence-electron chi connectivity index (χ0n) is 16.3. The van der Waals surface area contributed by atoms with E-state index in [1.807, 2.05) is 24.3 Å². The van der Waals surface area contributed by atoms with E-state index >= 15 is 0 Å². The van der Waals surface area contributed by atoms with Gasteiger partial charge in [-0.15, -0.1) is 23.4 Å². The number of hydrogen-bond acceptors (Lipinski definition) is 10. The van der Waals surface area contributed by atoms with Crippen molar-refractivity contribution in [3.8, 4) is 22.9 Å². The second-order valence-electron chi connectivity index (χ2n) is 6.07. The summed E-state index contributed by atoms with van der Waals surface area (Å²) in [4.78, 5) is 4.38. The average Bonchev–Trinajstić information content (AvgIpc) is 3.42. The third kappa shape index (κ3) is 5.68. The van der Waals surface area contributed by atoms with E-state index in [0.717, 1.165) is 5.56 Å². The van der Waals surface area contributed by atoms with Crippen LogP contribution in [0.15, 0.2) is 57.4 Å². The molecule has 0 amide bonds. The lowest BCUT2D eigenvalue weighted by atomic mass is 10.2. The largest absolute Gasteiger partial charge is 0.573 e. The van der Waals surface area contributed by atoms with E-state index in [4.69, 9.17) is 9.26 Å². The highest BCUT2D eigenvalue weighted by atomic mass is 32.2. The Bertz CT molecular complexity index is 1180. The van der Waals surface area contributed by atoms with E-state index in [1.54, 1.807) is 7.11 Å². The molecule has 0 unspecified atom stereocenters. The van der Waals surface area contributed by atoms with Gasteiger partial charge in [0.05, 0.1) is 18.4 Å². The average molecular weight is 481 g/mol. The van der Waals surface area contributed by atoms with Gasteiger partial charge in [0.25, 0.3) is 0 Å². The second-order valence-corrected chi connectivity index (χ2v) is 8.27. The molecular formula is C19H14F3N5O3S2. The number of nitrogens with zero attached hydrogens (tertiary/aromatic N) is 4. The summed E-state index contributed by atoms with van der Waals surface area (Å²) >= 11 is 2.64. The summed E-state index contributed by atoms with van der Waals surface area (Å²) in [5, 5.41) is 15.6. The molecule has 2 heterocycles. The molecule has 2 aromatic heterocycles. The lowest BCUT2D eigenvalue weighted by Gasteiger charge is -2.09. The lowest BCUT2D eigenvalue weighted by Crippen LogP contribution is -2.16. The van der Waals surface area contributed by atoms with Gasteiger partial charge in [-0.25, -0.2) is 0 Å². The molecule has 0 radical (unpaired) electrons. The van der Waals surface area contributed by atoms with Gasteiger partial charge in [0.1, 0.15) is 11.5 Å². The minimum absolute atomic E-state index is 0.302. The highest BCUT2D eigenvalue weighted by molar-refractivity contribution is 8.00.